The lowest BCUT2D eigenvalue weighted by atomic mass is 10.1. The largest absolute Gasteiger partial charge is 0.490 e. The van der Waals surface area contributed by atoms with E-state index in [1.54, 1.807) is 16.7 Å². The summed E-state index contributed by atoms with van der Waals surface area (Å²) < 4.78 is 6.67. The number of imidazole rings is 1. The Balaban J connectivity index is 2.28. The molecule has 7 heteroatoms. The van der Waals surface area contributed by atoms with Crippen LogP contribution >= 0.6 is 0 Å². The number of nitro groups is 1. The van der Waals surface area contributed by atoms with E-state index >= 15 is 0 Å². The SMILES string of the molecule is COc1ccc(-c2nc3c(C)cccn3c2C=O)cc1[N+](=O)[O-]. The minimum absolute atomic E-state index is 0.159. The molecule has 0 aliphatic heterocycles. The highest BCUT2D eigenvalue weighted by atomic mass is 16.6. The van der Waals surface area contributed by atoms with Crippen molar-refractivity contribution in [2.24, 2.45) is 0 Å². The van der Waals surface area contributed by atoms with E-state index < -0.39 is 4.92 Å². The number of fused-ring (bicyclic) bond motifs is 1. The lowest BCUT2D eigenvalue weighted by molar-refractivity contribution is -0.385. The summed E-state index contributed by atoms with van der Waals surface area (Å²) in [6, 6.07) is 8.21. The van der Waals surface area contributed by atoms with Crippen molar-refractivity contribution >= 4 is 17.6 Å². The number of aromatic nitrogens is 2. The number of ether oxygens (including phenoxy) is 1. The van der Waals surface area contributed by atoms with Crippen LogP contribution in [0.3, 0.4) is 0 Å². The Hall–Kier alpha value is -3.22. The van der Waals surface area contributed by atoms with Gasteiger partial charge in [0.15, 0.2) is 12.0 Å². The molecule has 7 nitrogen and oxygen atoms in total. The third-order valence-electron chi connectivity index (χ3n) is 3.64. The smallest absolute Gasteiger partial charge is 0.311 e. The maximum atomic E-state index is 11.5. The molecule has 0 bridgehead atoms. The molecule has 0 aliphatic carbocycles. The fourth-order valence-electron chi connectivity index (χ4n) is 2.53. The molecule has 0 unspecified atom stereocenters. The first-order chi connectivity index (χ1) is 11.1. The number of carbonyl (C=O) groups is 1. The van der Waals surface area contributed by atoms with Crippen LogP contribution in [0.25, 0.3) is 16.9 Å². The number of benzene rings is 1. The minimum Gasteiger partial charge on any atom is -0.490 e. The second kappa shape index (κ2) is 5.53. The Labute approximate surface area is 131 Å². The van der Waals surface area contributed by atoms with Crippen LogP contribution in [0.1, 0.15) is 16.1 Å². The van der Waals surface area contributed by atoms with Crippen LogP contribution in [0, 0.1) is 17.0 Å². The number of carbonyl (C=O) groups excluding carboxylic acids is 1. The average Bonchev–Trinajstić information content (AvgIpc) is 2.94. The summed E-state index contributed by atoms with van der Waals surface area (Å²) in [6.07, 6.45) is 2.44. The number of aldehydes is 1. The zero-order valence-electron chi connectivity index (χ0n) is 12.5. The quantitative estimate of drug-likeness (QED) is 0.420. The third-order valence-corrected chi connectivity index (χ3v) is 3.64. The minimum atomic E-state index is -0.524. The first kappa shape index (κ1) is 14.7. The van der Waals surface area contributed by atoms with Crippen molar-refractivity contribution in [3.05, 3.63) is 57.9 Å². The van der Waals surface area contributed by atoms with Crippen LogP contribution in [-0.2, 0) is 0 Å². The number of nitro benzene ring substituents is 1. The van der Waals surface area contributed by atoms with Gasteiger partial charge in [0.1, 0.15) is 17.0 Å². The van der Waals surface area contributed by atoms with Crippen LogP contribution in [0.4, 0.5) is 5.69 Å². The highest BCUT2D eigenvalue weighted by molar-refractivity contribution is 5.87. The Kier molecular flexibility index (Phi) is 3.53. The molecule has 3 aromatic rings. The number of hydrogen-bond donors (Lipinski definition) is 0. The zero-order valence-corrected chi connectivity index (χ0v) is 12.5. The molecule has 0 aliphatic rings. The van der Waals surface area contributed by atoms with Crippen molar-refractivity contribution in [1.29, 1.82) is 0 Å². The van der Waals surface area contributed by atoms with Crippen LogP contribution < -0.4 is 4.74 Å². The van der Waals surface area contributed by atoms with E-state index in [0.717, 1.165) is 5.56 Å². The normalized spacial score (nSPS) is 10.7. The molecule has 0 saturated heterocycles. The number of rotatable bonds is 4. The molecule has 0 spiro atoms. The Morgan fingerprint density at radius 1 is 1.35 bits per heavy atom. The van der Waals surface area contributed by atoms with Gasteiger partial charge in [-0.2, -0.15) is 0 Å². The number of hydrogen-bond acceptors (Lipinski definition) is 5. The second-order valence-electron chi connectivity index (χ2n) is 4.99. The maximum absolute atomic E-state index is 11.5. The summed E-state index contributed by atoms with van der Waals surface area (Å²) in [7, 11) is 1.37. The van der Waals surface area contributed by atoms with E-state index in [9.17, 15) is 14.9 Å². The van der Waals surface area contributed by atoms with Crippen molar-refractivity contribution in [2.75, 3.05) is 7.11 Å². The Bertz CT molecular complexity index is 930. The predicted octanol–water partition coefficient (Wildman–Crippen LogP) is 3.04. The van der Waals surface area contributed by atoms with E-state index in [4.69, 9.17) is 4.74 Å². The Morgan fingerprint density at radius 3 is 2.78 bits per heavy atom. The van der Waals surface area contributed by atoms with Crippen LogP contribution in [-0.4, -0.2) is 27.7 Å². The molecule has 0 amide bonds. The molecule has 0 fully saturated rings. The summed E-state index contributed by atoms with van der Waals surface area (Å²) in [4.78, 5) is 26.6. The van der Waals surface area contributed by atoms with E-state index in [2.05, 4.69) is 4.98 Å². The van der Waals surface area contributed by atoms with Crippen molar-refractivity contribution in [2.45, 2.75) is 6.92 Å². The van der Waals surface area contributed by atoms with Gasteiger partial charge in [0, 0.05) is 17.8 Å². The third kappa shape index (κ3) is 2.32. The molecular formula is C16H13N3O4. The van der Waals surface area contributed by atoms with Gasteiger partial charge < -0.3 is 4.74 Å². The molecule has 1 aromatic carbocycles. The predicted molar refractivity (Wildman–Crippen MR) is 84.0 cm³/mol. The standard InChI is InChI=1S/C16H13N3O4/c1-10-4-3-7-18-13(9-20)15(17-16(10)18)11-5-6-14(23-2)12(8-11)19(21)22/h3-9H,1-2H3. The summed E-state index contributed by atoms with van der Waals surface area (Å²) in [5.74, 6) is 0.159. The van der Waals surface area contributed by atoms with Gasteiger partial charge in [-0.25, -0.2) is 4.98 Å². The van der Waals surface area contributed by atoms with Gasteiger partial charge >= 0.3 is 5.69 Å². The average molecular weight is 311 g/mol. The summed E-state index contributed by atoms with van der Waals surface area (Å²) in [5.41, 5.74) is 2.62. The van der Waals surface area contributed by atoms with Gasteiger partial charge in [-0.3, -0.25) is 19.3 Å². The molecule has 0 saturated carbocycles. The molecule has 0 N–H and O–H groups in total. The van der Waals surface area contributed by atoms with E-state index in [0.29, 0.717) is 28.9 Å². The molecule has 0 radical (unpaired) electrons. The monoisotopic (exact) mass is 311 g/mol. The van der Waals surface area contributed by atoms with E-state index in [1.807, 2.05) is 19.1 Å². The van der Waals surface area contributed by atoms with Crippen LogP contribution in [0.5, 0.6) is 5.75 Å². The first-order valence-corrected chi connectivity index (χ1v) is 6.82. The van der Waals surface area contributed by atoms with Gasteiger partial charge in [0.2, 0.25) is 0 Å². The molecule has 2 heterocycles. The van der Waals surface area contributed by atoms with Crippen LogP contribution in [0.2, 0.25) is 0 Å². The van der Waals surface area contributed by atoms with Crippen molar-refractivity contribution in [1.82, 2.24) is 9.38 Å². The van der Waals surface area contributed by atoms with Gasteiger partial charge in [-0.1, -0.05) is 6.07 Å². The topological polar surface area (TPSA) is 86.7 Å². The Morgan fingerprint density at radius 2 is 2.13 bits per heavy atom. The van der Waals surface area contributed by atoms with Gasteiger partial charge in [-0.15, -0.1) is 0 Å². The summed E-state index contributed by atoms with van der Waals surface area (Å²) >= 11 is 0. The number of aryl methyl sites for hydroxylation is 1. The fraction of sp³-hybridized carbons (Fsp3) is 0.125. The summed E-state index contributed by atoms with van der Waals surface area (Å²) in [6.45, 7) is 1.89. The van der Waals surface area contributed by atoms with Crippen molar-refractivity contribution in [3.8, 4) is 17.0 Å². The molecule has 0 atom stereocenters. The lowest BCUT2D eigenvalue weighted by Crippen LogP contribution is -1.96. The fourth-order valence-corrected chi connectivity index (χ4v) is 2.53. The zero-order chi connectivity index (χ0) is 16.6. The number of methoxy groups -OCH3 is 1. The van der Waals surface area contributed by atoms with Gasteiger partial charge in [0.25, 0.3) is 0 Å². The van der Waals surface area contributed by atoms with E-state index in [-0.39, 0.29) is 11.4 Å². The molecule has 2 aromatic heterocycles. The molecule has 116 valence electrons. The maximum Gasteiger partial charge on any atom is 0.311 e. The highest BCUT2D eigenvalue weighted by Crippen LogP contribution is 2.33. The molecule has 23 heavy (non-hydrogen) atoms. The number of nitrogens with zero attached hydrogens (tertiary/aromatic N) is 3. The van der Waals surface area contributed by atoms with Crippen molar-refractivity contribution in [3.63, 3.8) is 0 Å². The summed E-state index contributed by atoms with van der Waals surface area (Å²) in [5, 5.41) is 11.2. The van der Waals surface area contributed by atoms with Crippen molar-refractivity contribution < 1.29 is 14.5 Å². The molecule has 3 rings (SSSR count). The number of pyridine rings is 1. The second-order valence-corrected chi connectivity index (χ2v) is 4.99. The molecular weight excluding hydrogens is 298 g/mol. The van der Waals surface area contributed by atoms with E-state index in [1.165, 1.54) is 19.2 Å². The first-order valence-electron chi connectivity index (χ1n) is 6.82. The van der Waals surface area contributed by atoms with Crippen LogP contribution in [0.15, 0.2) is 36.5 Å². The lowest BCUT2D eigenvalue weighted by Gasteiger charge is -2.04. The van der Waals surface area contributed by atoms with Gasteiger partial charge in [-0.05, 0) is 30.7 Å². The highest BCUT2D eigenvalue weighted by Gasteiger charge is 2.20. The van der Waals surface area contributed by atoms with Gasteiger partial charge in [0.05, 0.1) is 12.0 Å².